The lowest BCUT2D eigenvalue weighted by Gasteiger charge is -2.14. The van der Waals surface area contributed by atoms with Gasteiger partial charge in [0, 0.05) is 12.1 Å². The smallest absolute Gasteiger partial charge is 0.251 e. The van der Waals surface area contributed by atoms with Crippen LogP contribution >= 0.6 is 0 Å². The molecule has 0 aromatic heterocycles. The third-order valence-electron chi connectivity index (χ3n) is 3.50. The topological polar surface area (TPSA) is 38.3 Å². The van der Waals surface area contributed by atoms with Crippen molar-refractivity contribution in [1.82, 2.24) is 5.32 Å². The van der Waals surface area contributed by atoms with Gasteiger partial charge in [-0.3, -0.25) is 4.79 Å². The zero-order valence-corrected chi connectivity index (χ0v) is 13.7. The summed E-state index contributed by atoms with van der Waals surface area (Å²) in [6.45, 7) is 6.40. The van der Waals surface area contributed by atoms with Gasteiger partial charge >= 0.3 is 0 Å². The Labute approximate surface area is 136 Å². The summed E-state index contributed by atoms with van der Waals surface area (Å²) in [5.41, 5.74) is 1.58. The van der Waals surface area contributed by atoms with Crippen LogP contribution in [0.5, 0.6) is 5.75 Å². The Morgan fingerprint density at radius 2 is 1.65 bits per heavy atom. The molecule has 0 saturated carbocycles. The van der Waals surface area contributed by atoms with Crippen molar-refractivity contribution in [3.05, 3.63) is 65.5 Å². The lowest BCUT2D eigenvalue weighted by atomic mass is 10.0. The fourth-order valence-corrected chi connectivity index (χ4v) is 2.21. The maximum atomic E-state index is 12.9. The molecular formula is C19H22FNO2. The minimum atomic E-state index is -0.256. The third kappa shape index (κ3) is 5.09. The van der Waals surface area contributed by atoms with Crippen molar-refractivity contribution in [1.29, 1.82) is 0 Å². The number of halogens is 1. The van der Waals surface area contributed by atoms with E-state index >= 15 is 0 Å². The molecule has 0 aliphatic rings. The van der Waals surface area contributed by atoms with Crippen molar-refractivity contribution in [2.45, 2.75) is 32.8 Å². The van der Waals surface area contributed by atoms with Gasteiger partial charge in [-0.25, -0.2) is 4.39 Å². The van der Waals surface area contributed by atoms with E-state index in [1.165, 1.54) is 12.1 Å². The zero-order valence-electron chi connectivity index (χ0n) is 13.7. The van der Waals surface area contributed by atoms with Gasteiger partial charge in [0.1, 0.15) is 11.6 Å². The van der Waals surface area contributed by atoms with Crippen molar-refractivity contribution >= 4 is 5.91 Å². The summed E-state index contributed by atoms with van der Waals surface area (Å²) in [6, 6.07) is 13.4. The Bertz CT molecular complexity index is 635. The van der Waals surface area contributed by atoms with E-state index in [4.69, 9.17) is 4.74 Å². The average molecular weight is 315 g/mol. The minimum absolute atomic E-state index is 0.103. The number of nitrogens with one attached hydrogen (secondary N) is 1. The molecule has 3 nitrogen and oxygen atoms in total. The molecular weight excluding hydrogens is 293 g/mol. The number of benzene rings is 2. The first-order valence-corrected chi connectivity index (χ1v) is 7.76. The van der Waals surface area contributed by atoms with E-state index in [1.807, 2.05) is 20.8 Å². The molecule has 122 valence electrons. The molecule has 2 aromatic carbocycles. The Balaban J connectivity index is 1.90. The van der Waals surface area contributed by atoms with Crippen LogP contribution in [-0.4, -0.2) is 18.6 Å². The number of hydrogen-bond acceptors (Lipinski definition) is 2. The summed E-state index contributed by atoms with van der Waals surface area (Å²) < 4.78 is 18.5. The highest BCUT2D eigenvalue weighted by Crippen LogP contribution is 2.16. The molecule has 0 heterocycles. The molecule has 0 aliphatic heterocycles. The summed E-state index contributed by atoms with van der Waals surface area (Å²) in [5.74, 6) is 0.475. The molecule has 1 atom stereocenters. The summed E-state index contributed by atoms with van der Waals surface area (Å²) >= 11 is 0. The number of ether oxygens (including phenoxy) is 1. The molecule has 1 unspecified atom stereocenters. The quantitative estimate of drug-likeness (QED) is 0.870. The van der Waals surface area contributed by atoms with Crippen molar-refractivity contribution in [3.63, 3.8) is 0 Å². The van der Waals surface area contributed by atoms with Gasteiger partial charge in [-0.2, -0.15) is 0 Å². The van der Waals surface area contributed by atoms with E-state index in [2.05, 4.69) is 5.32 Å². The molecule has 0 radical (unpaired) electrons. The second-order valence-electron chi connectivity index (χ2n) is 5.85. The summed E-state index contributed by atoms with van der Waals surface area (Å²) in [4.78, 5) is 12.2. The Morgan fingerprint density at radius 3 is 2.22 bits per heavy atom. The van der Waals surface area contributed by atoms with Gasteiger partial charge in [0.2, 0.25) is 0 Å². The van der Waals surface area contributed by atoms with Crippen molar-refractivity contribution in [3.8, 4) is 5.75 Å². The molecule has 1 N–H and O–H groups in total. The van der Waals surface area contributed by atoms with Crippen LogP contribution in [0.25, 0.3) is 0 Å². The first-order chi connectivity index (χ1) is 11.0. The number of carbonyl (C=O) groups excluding carboxylic acids is 1. The minimum Gasteiger partial charge on any atom is -0.491 e. The highest BCUT2D eigenvalue weighted by molar-refractivity contribution is 5.94. The van der Waals surface area contributed by atoms with Crippen molar-refractivity contribution in [2.24, 2.45) is 0 Å². The van der Waals surface area contributed by atoms with Crippen molar-refractivity contribution < 1.29 is 13.9 Å². The van der Waals surface area contributed by atoms with Gasteiger partial charge in [-0.1, -0.05) is 19.1 Å². The van der Waals surface area contributed by atoms with Crippen LogP contribution in [-0.2, 0) is 0 Å². The monoisotopic (exact) mass is 315 g/mol. The standard InChI is InChI=1S/C19H22FNO2/c1-13(2)23-18-10-6-16(7-11-18)19(22)21-12-14(3)15-4-8-17(20)9-5-15/h4-11,13-14H,12H2,1-3H3,(H,21,22). The number of amides is 1. The van der Waals surface area contributed by atoms with Gasteiger partial charge in [0.15, 0.2) is 0 Å². The maximum absolute atomic E-state index is 12.9. The Hall–Kier alpha value is -2.36. The normalized spacial score (nSPS) is 12.0. The molecule has 2 aromatic rings. The number of carbonyl (C=O) groups is 1. The van der Waals surface area contributed by atoms with Gasteiger partial charge in [0.05, 0.1) is 6.10 Å². The fraction of sp³-hybridized carbons (Fsp3) is 0.316. The highest BCUT2D eigenvalue weighted by Gasteiger charge is 2.10. The Morgan fingerprint density at radius 1 is 1.04 bits per heavy atom. The zero-order chi connectivity index (χ0) is 16.8. The number of hydrogen-bond donors (Lipinski definition) is 1. The molecule has 23 heavy (non-hydrogen) atoms. The first kappa shape index (κ1) is 17.0. The fourth-order valence-electron chi connectivity index (χ4n) is 2.21. The summed E-state index contributed by atoms with van der Waals surface area (Å²) in [7, 11) is 0. The van der Waals surface area contributed by atoms with E-state index in [-0.39, 0.29) is 23.7 Å². The predicted molar refractivity (Wildman–Crippen MR) is 89.4 cm³/mol. The first-order valence-electron chi connectivity index (χ1n) is 7.76. The summed E-state index contributed by atoms with van der Waals surface area (Å²) in [6.07, 6.45) is 0.103. The lowest BCUT2D eigenvalue weighted by Crippen LogP contribution is -2.27. The molecule has 2 rings (SSSR count). The lowest BCUT2D eigenvalue weighted by molar-refractivity contribution is 0.0951. The van der Waals surface area contributed by atoms with Crippen molar-refractivity contribution in [2.75, 3.05) is 6.54 Å². The molecule has 0 spiro atoms. The van der Waals surface area contributed by atoms with Crippen LogP contribution in [0.2, 0.25) is 0 Å². The van der Waals surface area contributed by atoms with Gasteiger partial charge < -0.3 is 10.1 Å². The van der Waals surface area contributed by atoms with Crippen LogP contribution in [0.4, 0.5) is 4.39 Å². The second-order valence-corrected chi connectivity index (χ2v) is 5.85. The van der Waals surface area contributed by atoms with Crippen LogP contribution in [0.3, 0.4) is 0 Å². The molecule has 0 saturated heterocycles. The SMILES string of the molecule is CC(C)Oc1ccc(C(=O)NCC(C)c2ccc(F)cc2)cc1. The molecule has 1 amide bonds. The van der Waals surface area contributed by atoms with E-state index in [0.29, 0.717) is 12.1 Å². The summed E-state index contributed by atoms with van der Waals surface area (Å²) in [5, 5.41) is 2.90. The third-order valence-corrected chi connectivity index (χ3v) is 3.50. The van der Waals surface area contributed by atoms with Crippen LogP contribution < -0.4 is 10.1 Å². The van der Waals surface area contributed by atoms with Gasteiger partial charge in [-0.15, -0.1) is 0 Å². The molecule has 0 fully saturated rings. The largest absolute Gasteiger partial charge is 0.491 e. The van der Waals surface area contributed by atoms with E-state index in [0.717, 1.165) is 11.3 Å². The van der Waals surface area contributed by atoms with Gasteiger partial charge in [-0.05, 0) is 61.7 Å². The van der Waals surface area contributed by atoms with Crippen LogP contribution in [0.15, 0.2) is 48.5 Å². The second kappa shape index (κ2) is 7.77. The molecule has 4 heteroatoms. The molecule has 0 aliphatic carbocycles. The van der Waals surface area contributed by atoms with E-state index < -0.39 is 0 Å². The van der Waals surface area contributed by atoms with Crippen LogP contribution in [0, 0.1) is 5.82 Å². The van der Waals surface area contributed by atoms with E-state index in [9.17, 15) is 9.18 Å². The average Bonchev–Trinajstić information content (AvgIpc) is 2.53. The Kier molecular flexibility index (Phi) is 5.74. The van der Waals surface area contributed by atoms with Gasteiger partial charge in [0.25, 0.3) is 5.91 Å². The van der Waals surface area contributed by atoms with E-state index in [1.54, 1.807) is 36.4 Å². The maximum Gasteiger partial charge on any atom is 0.251 e. The van der Waals surface area contributed by atoms with Crippen LogP contribution in [0.1, 0.15) is 42.6 Å². The molecule has 0 bridgehead atoms. The number of rotatable bonds is 6. The highest BCUT2D eigenvalue weighted by atomic mass is 19.1. The predicted octanol–water partition coefficient (Wildman–Crippen LogP) is 4.15.